The van der Waals surface area contributed by atoms with E-state index in [1.54, 1.807) is 14.0 Å². The Morgan fingerprint density at radius 2 is 0.490 bits per heavy atom. The third-order valence-corrected chi connectivity index (χ3v) is 7.64. The fraction of sp³-hybridized carbons (Fsp3) is 0.700. The second kappa shape index (κ2) is 21.2. The lowest BCUT2D eigenvalue weighted by atomic mass is 10.3. The zero-order chi connectivity index (χ0) is 38.2. The number of nitrogens with zero attached hydrogens (tertiary/aromatic N) is 9. The number of hydrogen-bond donors (Lipinski definition) is 1. The Morgan fingerprint density at radius 3 is 0.653 bits per heavy atom. The molecule has 0 unspecified atom stereocenters. The van der Waals surface area contributed by atoms with Gasteiger partial charge in [0.2, 0.25) is 53.2 Å². The van der Waals surface area contributed by atoms with E-state index in [0.29, 0.717) is 6.54 Å². The lowest BCUT2D eigenvalue weighted by Gasteiger charge is -2.27. The highest BCUT2D eigenvalue weighted by Crippen LogP contribution is 2.00. The van der Waals surface area contributed by atoms with Gasteiger partial charge in [-0.1, -0.05) is 0 Å². The quantitative estimate of drug-likeness (QED) is 0.137. The second-order valence-corrected chi connectivity index (χ2v) is 11.9. The largest absolute Gasteiger partial charge is 0.345 e. The van der Waals surface area contributed by atoms with Crippen LogP contribution in [0.2, 0.25) is 0 Å². The molecule has 9 amide bonds. The predicted octanol–water partition coefficient (Wildman–Crippen LogP) is -4.52. The molecule has 19 heteroatoms. The first kappa shape index (κ1) is 44.2. The van der Waals surface area contributed by atoms with Gasteiger partial charge in [-0.3, -0.25) is 43.2 Å². The fourth-order valence-electron chi connectivity index (χ4n) is 3.78. The van der Waals surface area contributed by atoms with E-state index in [-0.39, 0.29) is 64.0 Å². The Balaban J connectivity index is 4.83. The summed E-state index contributed by atoms with van der Waals surface area (Å²) in [4.78, 5) is 123. The van der Waals surface area contributed by atoms with E-state index in [2.05, 4.69) is 0 Å². The lowest BCUT2D eigenvalue weighted by molar-refractivity contribution is -0.146. The van der Waals surface area contributed by atoms with Crippen molar-refractivity contribution in [1.29, 1.82) is 0 Å². The Bertz CT molecular complexity index is 1230. The lowest BCUT2D eigenvalue weighted by Crippen LogP contribution is -2.49. The molecule has 0 aromatic carbocycles. The molecule has 2 N–H and O–H groups in total. The van der Waals surface area contributed by atoms with E-state index < -0.39 is 54.4 Å². The smallest absolute Gasteiger partial charge is 0.242 e. The van der Waals surface area contributed by atoms with Gasteiger partial charge in [0.25, 0.3) is 0 Å². The highest BCUT2D eigenvalue weighted by atomic mass is 16.2. The minimum Gasteiger partial charge on any atom is -0.345 e. The van der Waals surface area contributed by atoms with Gasteiger partial charge in [-0.15, -0.1) is 0 Å². The van der Waals surface area contributed by atoms with Crippen LogP contribution < -0.4 is 5.73 Å². The van der Waals surface area contributed by atoms with Crippen LogP contribution in [0.4, 0.5) is 0 Å². The van der Waals surface area contributed by atoms with Gasteiger partial charge in [0.15, 0.2) is 0 Å². The molecule has 0 aromatic rings. The van der Waals surface area contributed by atoms with Crippen LogP contribution in [0.5, 0.6) is 0 Å². The van der Waals surface area contributed by atoms with Crippen molar-refractivity contribution in [2.75, 3.05) is 129 Å². The first-order chi connectivity index (χ1) is 22.7. The van der Waals surface area contributed by atoms with Gasteiger partial charge in [0.1, 0.15) is 0 Å². The van der Waals surface area contributed by atoms with Gasteiger partial charge >= 0.3 is 0 Å². The molecule has 19 nitrogen and oxygen atoms in total. The highest BCUT2D eigenvalue weighted by Gasteiger charge is 2.25. The summed E-state index contributed by atoms with van der Waals surface area (Å²) in [6.07, 6.45) is 0.0852. The SMILES string of the molecule is CCN(C)C(=O)CN(C)C(=O)CN(C)C(=O)CN(C)C(=O)CN(C)C(=O)CN(C)C(=O)CN(C)C(=O)CN(C)C(=O)CN(C)C(=O)CCN. The van der Waals surface area contributed by atoms with Crippen molar-refractivity contribution in [1.82, 2.24) is 44.1 Å². The zero-order valence-corrected chi connectivity index (χ0v) is 30.6. The number of rotatable bonds is 19. The number of hydrogen-bond acceptors (Lipinski definition) is 10. The molecular formula is C30H54N10O9. The van der Waals surface area contributed by atoms with Crippen molar-refractivity contribution in [2.45, 2.75) is 13.3 Å². The first-order valence-electron chi connectivity index (χ1n) is 15.5. The van der Waals surface area contributed by atoms with Crippen LogP contribution in [0.1, 0.15) is 13.3 Å². The summed E-state index contributed by atoms with van der Waals surface area (Å²) in [5, 5.41) is 0. The monoisotopic (exact) mass is 698 g/mol. The van der Waals surface area contributed by atoms with Gasteiger partial charge in [-0.25, -0.2) is 0 Å². The minimum atomic E-state index is -0.578. The summed E-state index contributed by atoms with van der Waals surface area (Å²) in [6, 6.07) is 0. The summed E-state index contributed by atoms with van der Waals surface area (Å²) in [5.41, 5.74) is 5.36. The molecule has 0 bridgehead atoms. The van der Waals surface area contributed by atoms with E-state index in [9.17, 15) is 43.2 Å². The number of carbonyl (C=O) groups is 9. The van der Waals surface area contributed by atoms with Gasteiger partial charge in [0.05, 0.1) is 52.4 Å². The number of nitrogens with two attached hydrogens (primary N) is 1. The molecule has 0 saturated heterocycles. The molecule has 0 atom stereocenters. The molecular weight excluding hydrogens is 644 g/mol. The first-order valence-corrected chi connectivity index (χ1v) is 15.5. The highest BCUT2D eigenvalue weighted by molar-refractivity contribution is 5.93. The molecule has 0 radical (unpaired) electrons. The summed E-state index contributed by atoms with van der Waals surface area (Å²) in [5.74, 6) is -4.29. The number of carbonyl (C=O) groups excluding carboxylic acids is 9. The summed E-state index contributed by atoms with van der Waals surface area (Å²) >= 11 is 0. The molecule has 0 saturated carbocycles. The summed E-state index contributed by atoms with van der Waals surface area (Å²) in [7, 11) is 12.8. The Morgan fingerprint density at radius 1 is 0.327 bits per heavy atom. The van der Waals surface area contributed by atoms with Gasteiger partial charge in [0, 0.05) is 82.9 Å². The van der Waals surface area contributed by atoms with Crippen molar-refractivity contribution in [3.05, 3.63) is 0 Å². The third kappa shape index (κ3) is 15.8. The van der Waals surface area contributed by atoms with Crippen LogP contribution in [-0.4, -0.2) is 226 Å². The maximum atomic E-state index is 12.7. The van der Waals surface area contributed by atoms with Crippen molar-refractivity contribution >= 4 is 53.2 Å². The Kier molecular flexibility index (Phi) is 19.1. The summed E-state index contributed by atoms with van der Waals surface area (Å²) in [6.45, 7) is -0.134. The number of likely N-dealkylation sites (N-methyl/N-ethyl adjacent to an activating group) is 9. The molecule has 0 heterocycles. The van der Waals surface area contributed by atoms with Crippen LogP contribution in [0, 0.1) is 0 Å². The standard InChI is InChI=1S/C30H54N10O9/c1-11-32(2)23(42)14-34(4)25(44)16-36(6)27(46)18-38(8)29(48)20-40(10)30(49)21-39(9)28(47)19-37(7)26(45)17-35(5)24(43)15-33(3)22(41)12-13-31/h11-21,31H2,1-10H3. The molecule has 0 rings (SSSR count). The third-order valence-electron chi connectivity index (χ3n) is 7.64. The van der Waals surface area contributed by atoms with E-state index in [0.717, 1.165) is 29.4 Å². The van der Waals surface area contributed by atoms with Crippen LogP contribution in [0.15, 0.2) is 0 Å². The van der Waals surface area contributed by atoms with Crippen molar-refractivity contribution < 1.29 is 43.2 Å². The summed E-state index contributed by atoms with van der Waals surface area (Å²) < 4.78 is 0. The van der Waals surface area contributed by atoms with Crippen LogP contribution >= 0.6 is 0 Å². The minimum absolute atomic E-state index is 0.0852. The molecule has 0 spiro atoms. The maximum absolute atomic E-state index is 12.7. The fourth-order valence-corrected chi connectivity index (χ4v) is 3.78. The van der Waals surface area contributed by atoms with E-state index >= 15 is 0 Å². The van der Waals surface area contributed by atoms with Crippen LogP contribution in [0.3, 0.4) is 0 Å². The molecule has 0 aliphatic rings. The molecule has 0 aliphatic carbocycles. The van der Waals surface area contributed by atoms with Crippen molar-refractivity contribution in [2.24, 2.45) is 5.73 Å². The van der Waals surface area contributed by atoms with E-state index in [1.807, 2.05) is 0 Å². The molecule has 0 aromatic heterocycles. The predicted molar refractivity (Wildman–Crippen MR) is 178 cm³/mol. The maximum Gasteiger partial charge on any atom is 0.242 e. The Labute approximate surface area is 288 Å². The van der Waals surface area contributed by atoms with Crippen molar-refractivity contribution in [3.63, 3.8) is 0 Å². The molecule has 0 fully saturated rings. The van der Waals surface area contributed by atoms with E-state index in [4.69, 9.17) is 5.73 Å². The van der Waals surface area contributed by atoms with Crippen molar-refractivity contribution in [3.8, 4) is 0 Å². The number of amides is 9. The Hall–Kier alpha value is -4.81. The average Bonchev–Trinajstić information content (AvgIpc) is 3.03. The van der Waals surface area contributed by atoms with Gasteiger partial charge in [-0.05, 0) is 6.92 Å². The topological polar surface area (TPSA) is 209 Å². The normalized spacial score (nSPS) is 10.3. The van der Waals surface area contributed by atoms with Gasteiger partial charge in [-0.2, -0.15) is 0 Å². The van der Waals surface area contributed by atoms with Crippen LogP contribution in [-0.2, 0) is 43.2 Å². The molecule has 0 aliphatic heterocycles. The van der Waals surface area contributed by atoms with Crippen LogP contribution in [0.25, 0.3) is 0 Å². The average molecular weight is 699 g/mol. The van der Waals surface area contributed by atoms with E-state index in [1.165, 1.54) is 71.1 Å². The second-order valence-electron chi connectivity index (χ2n) is 11.9. The zero-order valence-electron chi connectivity index (χ0n) is 30.6. The molecule has 278 valence electrons. The molecule has 49 heavy (non-hydrogen) atoms. The van der Waals surface area contributed by atoms with Gasteiger partial charge < -0.3 is 49.8 Å².